The number of H-pyrrole nitrogens is 1. The number of nitrogens with one attached hydrogen (secondary N) is 2. The summed E-state index contributed by atoms with van der Waals surface area (Å²) in [6.45, 7) is 9.67. The van der Waals surface area contributed by atoms with E-state index in [4.69, 9.17) is 4.42 Å². The molecule has 0 amide bonds. The summed E-state index contributed by atoms with van der Waals surface area (Å²) in [4.78, 5) is 7.94. The number of imidazole rings is 1. The molecule has 5 aromatic rings. The number of nitriles is 1. The van der Waals surface area contributed by atoms with Crippen LogP contribution >= 0.6 is 0 Å². The predicted molar refractivity (Wildman–Crippen MR) is 179 cm³/mol. The third-order valence-corrected chi connectivity index (χ3v) is 8.66. The van der Waals surface area contributed by atoms with Crippen molar-refractivity contribution in [2.24, 2.45) is 0 Å². The Bertz CT molecular complexity index is 2240. The van der Waals surface area contributed by atoms with Gasteiger partial charge in [-0.25, -0.2) is 17.8 Å². The number of aromatic amines is 1. The van der Waals surface area contributed by atoms with E-state index in [0.29, 0.717) is 78.4 Å². The standard InChI is InChI=1S/C35H30FN5O3S/c1-7-22(17-23(8-2)35-39-29-15-10-21(20-37)16-30(29)40-35)26-18-27-32(19-31(26)41(5)45(6,42)43)44-34(33(27)28(9-3)38-4)24-11-13-25(36)14-12-24/h7-8,10-19,38H,2-3H2,1,4-6H3,(H,39,40)/b22-7+,23-17+. The average molecular weight is 620 g/mol. The first-order valence-corrected chi connectivity index (χ1v) is 15.7. The van der Waals surface area contributed by atoms with Crippen molar-refractivity contribution in [2.75, 3.05) is 24.7 Å². The largest absolute Gasteiger partial charge is 0.455 e. The highest BCUT2D eigenvalue weighted by Crippen LogP contribution is 2.42. The van der Waals surface area contributed by atoms with Crippen molar-refractivity contribution in [3.05, 3.63) is 120 Å². The van der Waals surface area contributed by atoms with Crippen molar-refractivity contribution in [1.82, 2.24) is 15.3 Å². The van der Waals surface area contributed by atoms with E-state index in [1.807, 2.05) is 25.1 Å². The number of fused-ring (bicyclic) bond motifs is 2. The van der Waals surface area contributed by atoms with Gasteiger partial charge in [-0.2, -0.15) is 5.26 Å². The predicted octanol–water partition coefficient (Wildman–Crippen LogP) is 7.40. The Labute approximate surface area is 260 Å². The van der Waals surface area contributed by atoms with Gasteiger partial charge < -0.3 is 14.7 Å². The zero-order valence-electron chi connectivity index (χ0n) is 25.2. The maximum Gasteiger partial charge on any atom is 0.232 e. The summed E-state index contributed by atoms with van der Waals surface area (Å²) >= 11 is 0. The first kappa shape index (κ1) is 30.8. The van der Waals surface area contributed by atoms with Gasteiger partial charge in [-0.15, -0.1) is 5.73 Å². The van der Waals surface area contributed by atoms with Crippen molar-refractivity contribution in [1.29, 1.82) is 5.26 Å². The summed E-state index contributed by atoms with van der Waals surface area (Å²) in [5.41, 5.74) is 9.31. The maximum atomic E-state index is 13.8. The van der Waals surface area contributed by atoms with Gasteiger partial charge in [0.2, 0.25) is 10.0 Å². The van der Waals surface area contributed by atoms with E-state index in [9.17, 15) is 18.1 Å². The van der Waals surface area contributed by atoms with E-state index >= 15 is 0 Å². The number of allylic oxidation sites excluding steroid dienone is 5. The van der Waals surface area contributed by atoms with E-state index in [0.717, 1.165) is 6.26 Å². The molecule has 2 aromatic heterocycles. The van der Waals surface area contributed by atoms with Crippen molar-refractivity contribution in [3.8, 4) is 17.4 Å². The summed E-state index contributed by atoms with van der Waals surface area (Å²) in [5.74, 6) is 0.587. The number of hydrogen-bond acceptors (Lipinski definition) is 6. The lowest BCUT2D eigenvalue weighted by atomic mass is 9.96. The summed E-state index contributed by atoms with van der Waals surface area (Å²) in [7, 11) is -0.478. The number of rotatable bonds is 9. The highest BCUT2D eigenvalue weighted by atomic mass is 32.2. The number of anilines is 1. The van der Waals surface area contributed by atoms with Gasteiger partial charge >= 0.3 is 0 Å². The van der Waals surface area contributed by atoms with Crippen LogP contribution in [0.4, 0.5) is 10.1 Å². The van der Waals surface area contributed by atoms with Crippen molar-refractivity contribution in [2.45, 2.75) is 6.92 Å². The molecule has 2 N–H and O–H groups in total. The third-order valence-electron chi connectivity index (χ3n) is 7.46. The van der Waals surface area contributed by atoms with E-state index in [2.05, 4.69) is 40.2 Å². The SMILES string of the molecule is C=C=C(NC)c1c(-c2ccc(F)cc2)oc2cc(N(C)S(C)(=O)=O)c(C(/C=C(\C=C)c3nc4ccc(C#N)cc4[nH]3)=C/C)cc12. The van der Waals surface area contributed by atoms with Gasteiger partial charge in [-0.1, -0.05) is 25.3 Å². The van der Waals surface area contributed by atoms with Gasteiger partial charge in [0.15, 0.2) is 0 Å². The normalized spacial score (nSPS) is 12.2. The van der Waals surface area contributed by atoms with E-state index in [-0.39, 0.29) is 5.82 Å². The zero-order chi connectivity index (χ0) is 32.5. The van der Waals surface area contributed by atoms with Crippen molar-refractivity contribution >= 4 is 54.6 Å². The fraction of sp³-hybridized carbons (Fsp3) is 0.114. The molecule has 0 aliphatic rings. The lowest BCUT2D eigenvalue weighted by Crippen LogP contribution is -2.25. The second-order valence-electron chi connectivity index (χ2n) is 10.2. The van der Waals surface area contributed by atoms with Crippen LogP contribution in [-0.2, 0) is 10.0 Å². The Morgan fingerprint density at radius 3 is 2.49 bits per heavy atom. The van der Waals surface area contributed by atoms with Crippen molar-refractivity contribution in [3.63, 3.8) is 0 Å². The molecule has 0 unspecified atom stereocenters. The molecule has 0 aliphatic heterocycles. The molecule has 0 saturated carbocycles. The highest BCUT2D eigenvalue weighted by molar-refractivity contribution is 7.92. The molecule has 5 rings (SSSR count). The van der Waals surface area contributed by atoms with Crippen LogP contribution in [0, 0.1) is 17.1 Å². The summed E-state index contributed by atoms with van der Waals surface area (Å²) < 4.78 is 47.0. The molecule has 8 nitrogen and oxygen atoms in total. The number of benzene rings is 3. The molecule has 45 heavy (non-hydrogen) atoms. The van der Waals surface area contributed by atoms with Crippen LogP contribution in [0.1, 0.15) is 29.4 Å². The average Bonchev–Trinajstić information content (AvgIpc) is 3.62. The summed E-state index contributed by atoms with van der Waals surface area (Å²) in [6, 6.07) is 16.8. The van der Waals surface area contributed by atoms with Gasteiger partial charge in [0.25, 0.3) is 0 Å². The number of hydrogen-bond donors (Lipinski definition) is 2. The maximum absolute atomic E-state index is 13.8. The van der Waals surface area contributed by atoms with Crippen LogP contribution < -0.4 is 9.62 Å². The summed E-state index contributed by atoms with van der Waals surface area (Å²) in [5, 5.41) is 13.1. The van der Waals surface area contributed by atoms with Gasteiger partial charge in [0.1, 0.15) is 23.0 Å². The Hall–Kier alpha value is -5.62. The molecule has 0 aliphatic carbocycles. The van der Waals surface area contributed by atoms with E-state index in [1.165, 1.54) is 23.5 Å². The van der Waals surface area contributed by atoms with Crippen LogP contribution in [0.2, 0.25) is 0 Å². The topological polar surface area (TPSA) is 115 Å². The molecule has 0 bridgehead atoms. The molecule has 10 heteroatoms. The second-order valence-corrected chi connectivity index (χ2v) is 12.2. The van der Waals surface area contributed by atoms with Crippen LogP contribution in [0.3, 0.4) is 0 Å². The minimum absolute atomic E-state index is 0.376. The van der Waals surface area contributed by atoms with Crippen LogP contribution in [-0.4, -0.2) is 38.7 Å². The first-order chi connectivity index (χ1) is 21.5. The number of halogens is 1. The molecule has 0 atom stereocenters. The molecular formula is C35H30FN5O3S. The van der Waals surface area contributed by atoms with E-state index in [1.54, 1.807) is 49.5 Å². The van der Waals surface area contributed by atoms with E-state index < -0.39 is 10.0 Å². The minimum Gasteiger partial charge on any atom is -0.455 e. The number of nitrogens with zero attached hydrogens (tertiary/aromatic N) is 3. The van der Waals surface area contributed by atoms with Gasteiger partial charge in [0.05, 0.1) is 45.9 Å². The number of aromatic nitrogens is 2. The van der Waals surface area contributed by atoms with Crippen LogP contribution in [0.15, 0.2) is 96.1 Å². The number of furan rings is 1. The first-order valence-electron chi connectivity index (χ1n) is 13.8. The lowest BCUT2D eigenvalue weighted by Gasteiger charge is -2.21. The second kappa shape index (κ2) is 12.2. The minimum atomic E-state index is -3.69. The molecule has 2 heterocycles. The molecule has 0 fully saturated rings. The lowest BCUT2D eigenvalue weighted by molar-refractivity contribution is 0.600. The fourth-order valence-corrected chi connectivity index (χ4v) is 5.59. The molecule has 0 radical (unpaired) electrons. The Morgan fingerprint density at radius 2 is 1.89 bits per heavy atom. The van der Waals surface area contributed by atoms with Gasteiger partial charge in [-0.3, -0.25) is 4.31 Å². The van der Waals surface area contributed by atoms with Crippen molar-refractivity contribution < 1.29 is 17.2 Å². The molecule has 3 aromatic carbocycles. The van der Waals surface area contributed by atoms with Gasteiger partial charge in [0, 0.05) is 42.2 Å². The zero-order valence-corrected chi connectivity index (χ0v) is 26.0. The highest BCUT2D eigenvalue weighted by Gasteiger charge is 2.25. The van der Waals surface area contributed by atoms with Crippen LogP contribution in [0.5, 0.6) is 0 Å². The third kappa shape index (κ3) is 5.83. The smallest absolute Gasteiger partial charge is 0.232 e. The Morgan fingerprint density at radius 1 is 1.16 bits per heavy atom. The molecule has 0 spiro atoms. The van der Waals surface area contributed by atoms with Crippen LogP contribution in [0.25, 0.3) is 50.2 Å². The molecule has 0 saturated heterocycles. The quantitative estimate of drug-likeness (QED) is 0.131. The Balaban J connectivity index is 1.79. The molecular weight excluding hydrogens is 589 g/mol. The van der Waals surface area contributed by atoms with Gasteiger partial charge in [-0.05, 0) is 67.1 Å². The fourth-order valence-electron chi connectivity index (χ4n) is 5.08. The Kier molecular flexibility index (Phi) is 8.34. The monoisotopic (exact) mass is 619 g/mol. The molecule has 226 valence electrons. The number of sulfonamides is 1. The summed E-state index contributed by atoms with van der Waals surface area (Å²) in [6.07, 6.45) is 6.51.